The quantitative estimate of drug-likeness (QED) is 0.586. The zero-order valence-corrected chi connectivity index (χ0v) is 19.3. The molecule has 1 fully saturated rings. The Kier molecular flexibility index (Phi) is 11.7. The SMILES string of the molecule is CC(=O)N1CCNCC1.O.O.O=C(Nc1ccc(S)cc1)c1ccc2c(c1)CCCS2.[HH]. The van der Waals surface area contributed by atoms with Gasteiger partial charge in [-0.2, -0.15) is 0 Å². The zero-order chi connectivity index (χ0) is 20.6. The Labute approximate surface area is 194 Å². The molecular weight excluding hydrogens is 434 g/mol. The van der Waals surface area contributed by atoms with Crippen LogP contribution in [0.5, 0.6) is 0 Å². The van der Waals surface area contributed by atoms with E-state index in [-0.39, 0.29) is 24.2 Å². The largest absolute Gasteiger partial charge is 0.412 e. The number of fused-ring (bicyclic) bond motifs is 1. The Hall–Kier alpha value is -2.04. The van der Waals surface area contributed by atoms with Crippen molar-refractivity contribution in [2.45, 2.75) is 29.6 Å². The normalized spacial score (nSPS) is 14.6. The monoisotopic (exact) mass is 467 g/mol. The third kappa shape index (κ3) is 8.19. The van der Waals surface area contributed by atoms with Crippen molar-refractivity contribution in [3.05, 3.63) is 53.6 Å². The van der Waals surface area contributed by atoms with E-state index in [9.17, 15) is 9.59 Å². The van der Waals surface area contributed by atoms with Crippen LogP contribution in [0, 0.1) is 0 Å². The smallest absolute Gasteiger partial charge is 0.255 e. The average molecular weight is 468 g/mol. The topological polar surface area (TPSA) is 124 Å². The van der Waals surface area contributed by atoms with E-state index in [2.05, 4.69) is 29.3 Å². The average Bonchev–Trinajstić information content (AvgIpc) is 2.76. The van der Waals surface area contributed by atoms with Crippen molar-refractivity contribution >= 4 is 41.9 Å². The van der Waals surface area contributed by atoms with Gasteiger partial charge in [0, 0.05) is 55.6 Å². The van der Waals surface area contributed by atoms with Gasteiger partial charge in [0.05, 0.1) is 0 Å². The summed E-state index contributed by atoms with van der Waals surface area (Å²) in [6.07, 6.45) is 2.25. The molecule has 1 saturated heterocycles. The van der Waals surface area contributed by atoms with Crippen LogP contribution in [0.2, 0.25) is 0 Å². The minimum atomic E-state index is -0.0599. The van der Waals surface area contributed by atoms with Crippen molar-refractivity contribution in [3.8, 4) is 0 Å². The Balaban J connectivity index is 0.000000690. The summed E-state index contributed by atoms with van der Waals surface area (Å²) in [7, 11) is 0. The lowest BCUT2D eigenvalue weighted by molar-refractivity contribution is -0.129. The second-order valence-corrected chi connectivity index (χ2v) is 8.68. The highest BCUT2D eigenvalue weighted by Gasteiger charge is 2.13. The number of nitrogens with one attached hydrogen (secondary N) is 2. The Morgan fingerprint density at radius 2 is 1.77 bits per heavy atom. The van der Waals surface area contributed by atoms with Crippen molar-refractivity contribution in [2.24, 2.45) is 0 Å². The number of anilines is 1. The van der Waals surface area contributed by atoms with E-state index in [1.807, 2.05) is 53.1 Å². The van der Waals surface area contributed by atoms with Gasteiger partial charge in [-0.25, -0.2) is 0 Å². The number of hydrogen-bond donors (Lipinski definition) is 3. The molecule has 9 heteroatoms. The van der Waals surface area contributed by atoms with E-state index in [0.29, 0.717) is 0 Å². The molecule has 4 rings (SSSR count). The van der Waals surface area contributed by atoms with Crippen molar-refractivity contribution in [1.29, 1.82) is 0 Å². The number of piperazine rings is 1. The molecule has 2 amide bonds. The minimum absolute atomic E-state index is 0. The van der Waals surface area contributed by atoms with Crippen LogP contribution < -0.4 is 10.6 Å². The van der Waals surface area contributed by atoms with Crippen molar-refractivity contribution in [3.63, 3.8) is 0 Å². The van der Waals surface area contributed by atoms with Crippen LogP contribution in [0.3, 0.4) is 0 Å². The standard InChI is InChI=1S/C16H15NOS2.C6H12N2O.2H2O.H2/c18-16(17-13-4-6-14(19)7-5-13)12-3-8-15-11(10-12)2-1-9-20-15;1-6(9)8-4-2-7-3-5-8;;;/h3-8,10,19H,1-2,9H2,(H,17,18);7H,2-5H2,1H3;2*1H2;1H. The van der Waals surface area contributed by atoms with Gasteiger partial charge in [0.1, 0.15) is 0 Å². The molecule has 0 radical (unpaired) electrons. The number of amides is 2. The first-order valence-corrected chi connectivity index (χ1v) is 11.3. The number of rotatable bonds is 2. The van der Waals surface area contributed by atoms with E-state index in [4.69, 9.17) is 0 Å². The van der Waals surface area contributed by atoms with E-state index >= 15 is 0 Å². The van der Waals surface area contributed by atoms with Gasteiger partial charge in [-0.05, 0) is 66.6 Å². The molecule has 7 nitrogen and oxygen atoms in total. The number of carbonyl (C=O) groups excluding carboxylic acids is 2. The molecule has 0 unspecified atom stereocenters. The fourth-order valence-electron chi connectivity index (χ4n) is 3.23. The first-order chi connectivity index (χ1) is 14.0. The summed E-state index contributed by atoms with van der Waals surface area (Å²) < 4.78 is 0. The second kappa shape index (κ2) is 13.4. The molecule has 2 aliphatic rings. The summed E-state index contributed by atoms with van der Waals surface area (Å²) >= 11 is 6.11. The van der Waals surface area contributed by atoms with Gasteiger partial charge in [-0.3, -0.25) is 9.59 Å². The molecule has 0 aliphatic carbocycles. The maximum Gasteiger partial charge on any atom is 0.255 e. The van der Waals surface area contributed by atoms with Gasteiger partial charge < -0.3 is 26.5 Å². The molecule has 0 saturated carbocycles. The highest BCUT2D eigenvalue weighted by Crippen LogP contribution is 2.30. The van der Waals surface area contributed by atoms with Crippen molar-refractivity contribution < 1.29 is 22.0 Å². The Morgan fingerprint density at radius 3 is 2.39 bits per heavy atom. The molecule has 2 aliphatic heterocycles. The van der Waals surface area contributed by atoms with E-state index in [1.54, 1.807) is 6.92 Å². The van der Waals surface area contributed by atoms with Crippen LogP contribution in [0.1, 0.15) is 30.7 Å². The molecule has 2 aromatic rings. The maximum atomic E-state index is 12.2. The minimum Gasteiger partial charge on any atom is -0.412 e. The predicted molar refractivity (Wildman–Crippen MR) is 132 cm³/mol. The number of hydrogen-bond acceptors (Lipinski definition) is 5. The lowest BCUT2D eigenvalue weighted by atomic mass is 10.1. The lowest BCUT2D eigenvalue weighted by Crippen LogP contribution is -2.45. The van der Waals surface area contributed by atoms with Crippen LogP contribution in [0.15, 0.2) is 52.3 Å². The molecule has 2 aromatic carbocycles. The number of aryl methyl sites for hydroxylation is 1. The lowest BCUT2D eigenvalue weighted by Gasteiger charge is -2.25. The van der Waals surface area contributed by atoms with Crippen LogP contribution >= 0.6 is 24.4 Å². The van der Waals surface area contributed by atoms with E-state index in [0.717, 1.165) is 48.7 Å². The Morgan fingerprint density at radius 1 is 1.10 bits per heavy atom. The first kappa shape index (κ1) is 27.0. The first-order valence-electron chi connectivity index (χ1n) is 9.85. The van der Waals surface area contributed by atoms with Gasteiger partial charge in [0.15, 0.2) is 0 Å². The molecule has 0 aromatic heterocycles. The number of nitrogens with zero attached hydrogens (tertiary/aromatic N) is 1. The van der Waals surface area contributed by atoms with Crippen LogP contribution in [0.4, 0.5) is 5.69 Å². The number of carbonyl (C=O) groups is 2. The molecule has 6 N–H and O–H groups in total. The summed E-state index contributed by atoms with van der Waals surface area (Å²) in [5.41, 5.74) is 2.81. The van der Waals surface area contributed by atoms with E-state index < -0.39 is 0 Å². The fourth-order valence-corrected chi connectivity index (χ4v) is 4.40. The van der Waals surface area contributed by atoms with Gasteiger partial charge >= 0.3 is 0 Å². The molecule has 0 bridgehead atoms. The third-order valence-electron chi connectivity index (χ3n) is 4.86. The summed E-state index contributed by atoms with van der Waals surface area (Å²) in [6.45, 7) is 5.25. The molecule has 2 heterocycles. The highest BCUT2D eigenvalue weighted by atomic mass is 32.2. The van der Waals surface area contributed by atoms with E-state index in [1.165, 1.54) is 22.6 Å². The molecule has 172 valence electrons. The molecule has 0 spiro atoms. The number of thiol groups is 1. The van der Waals surface area contributed by atoms with Crippen molar-refractivity contribution in [2.75, 3.05) is 37.2 Å². The zero-order valence-electron chi connectivity index (χ0n) is 17.6. The highest BCUT2D eigenvalue weighted by molar-refractivity contribution is 7.99. The van der Waals surface area contributed by atoms with Gasteiger partial charge in [-0.15, -0.1) is 24.4 Å². The van der Waals surface area contributed by atoms with Gasteiger partial charge in [0.25, 0.3) is 5.91 Å². The molecule has 0 atom stereocenters. The Bertz CT molecular complexity index is 863. The van der Waals surface area contributed by atoms with Crippen molar-refractivity contribution in [1.82, 2.24) is 10.2 Å². The summed E-state index contributed by atoms with van der Waals surface area (Å²) in [6, 6.07) is 13.4. The molecule has 31 heavy (non-hydrogen) atoms. The maximum absolute atomic E-state index is 12.2. The summed E-state index contributed by atoms with van der Waals surface area (Å²) in [5, 5.41) is 6.09. The predicted octanol–water partition coefficient (Wildman–Crippen LogP) is 2.30. The second-order valence-electron chi connectivity index (χ2n) is 7.03. The molecular formula is C22H33N3O4S2. The summed E-state index contributed by atoms with van der Waals surface area (Å²) in [4.78, 5) is 27.0. The third-order valence-corrected chi connectivity index (χ3v) is 6.36. The van der Waals surface area contributed by atoms with Gasteiger partial charge in [0.2, 0.25) is 5.91 Å². The summed E-state index contributed by atoms with van der Waals surface area (Å²) in [5.74, 6) is 1.31. The van der Waals surface area contributed by atoms with Crippen LogP contribution in [-0.4, -0.2) is 59.6 Å². The number of benzene rings is 2. The van der Waals surface area contributed by atoms with Gasteiger partial charge in [-0.1, -0.05) is 0 Å². The fraction of sp³-hybridized carbons (Fsp3) is 0.364. The van der Waals surface area contributed by atoms with Crippen LogP contribution in [-0.2, 0) is 11.2 Å². The number of thioether (sulfide) groups is 1. The van der Waals surface area contributed by atoms with Crippen LogP contribution in [0.25, 0.3) is 0 Å².